The zero-order valence-corrected chi connectivity index (χ0v) is 51.5. The second kappa shape index (κ2) is 22.2. The number of hydrogen-bond acceptors (Lipinski definition) is 8. The Morgan fingerprint density at radius 1 is 0.481 bits per heavy atom. The molecule has 6 aliphatic rings. The smallest absolute Gasteiger partial charge is 0.236 e. The lowest BCUT2D eigenvalue weighted by molar-refractivity contribution is 0.173. The molecule has 0 radical (unpaired) electrons. The molecule has 2 aliphatic carbocycles. The van der Waals surface area contributed by atoms with Gasteiger partial charge in [-0.15, -0.1) is 0 Å². The lowest BCUT2D eigenvalue weighted by Gasteiger charge is -2.30. The molecule has 0 fully saturated rings. The van der Waals surface area contributed by atoms with Crippen molar-refractivity contribution in [3.63, 3.8) is 0 Å². The van der Waals surface area contributed by atoms with E-state index < -0.39 is 0 Å². The first-order valence-electron chi connectivity index (χ1n) is 26.6. The summed E-state index contributed by atoms with van der Waals surface area (Å²) in [7, 11) is 0. The fraction of sp³-hybridized carbons (Fsp3) is 0.134. The zero-order chi connectivity index (χ0) is 54.7. The number of aliphatic imine (C=N–C) groups is 3. The maximum Gasteiger partial charge on any atom is 0.236 e. The molecule has 14 heteroatoms. The van der Waals surface area contributed by atoms with E-state index in [0.717, 1.165) is 88.0 Å². The van der Waals surface area contributed by atoms with Crippen molar-refractivity contribution < 1.29 is 18.9 Å². The van der Waals surface area contributed by atoms with Crippen LogP contribution in [-0.2, 0) is 28.7 Å². The van der Waals surface area contributed by atoms with Gasteiger partial charge in [-0.2, -0.15) is 0 Å². The number of benzene rings is 8. The number of hydrogen-bond donors (Lipinski definition) is 0. The van der Waals surface area contributed by atoms with Crippen LogP contribution in [0.2, 0.25) is 0 Å². The van der Waals surface area contributed by atoms with Crippen molar-refractivity contribution in [1.82, 2.24) is 9.55 Å². The monoisotopic (exact) mass is 1430 g/mol. The quantitative estimate of drug-likeness (QED) is 0.155. The third kappa shape index (κ3) is 10.4. The van der Waals surface area contributed by atoms with E-state index in [9.17, 15) is 0 Å². The van der Waals surface area contributed by atoms with Gasteiger partial charge >= 0.3 is 0 Å². The molecule has 16 rings (SSSR count). The molecule has 8 aromatic carbocycles. The van der Waals surface area contributed by atoms with Crippen molar-refractivity contribution in [3.8, 4) is 22.8 Å². The second-order valence-corrected chi connectivity index (χ2v) is 25.2. The van der Waals surface area contributed by atoms with E-state index >= 15 is 0 Å². The van der Waals surface area contributed by atoms with Crippen LogP contribution in [0, 0.1) is 3.57 Å². The van der Waals surface area contributed by atoms with Crippen LogP contribution in [0.25, 0.3) is 22.2 Å². The van der Waals surface area contributed by atoms with Crippen LogP contribution in [0.1, 0.15) is 80.4 Å². The molecule has 2 aromatic heterocycles. The van der Waals surface area contributed by atoms with Crippen molar-refractivity contribution in [1.29, 1.82) is 0 Å². The summed E-state index contributed by atoms with van der Waals surface area (Å²) in [5.41, 5.74) is 15.7. The van der Waals surface area contributed by atoms with Crippen molar-refractivity contribution in [2.24, 2.45) is 15.0 Å². The molecule has 0 amide bonds. The molecule has 0 N–H and O–H groups in total. The Bertz CT molecular complexity index is 4100. The predicted molar refractivity (Wildman–Crippen MR) is 342 cm³/mol. The van der Waals surface area contributed by atoms with Crippen LogP contribution in [0.15, 0.2) is 239 Å². The first-order chi connectivity index (χ1) is 39.6. The Hall–Kier alpha value is -6.69. The average molecular weight is 1430 g/mol. The Balaban J connectivity index is 0.000000110. The summed E-state index contributed by atoms with van der Waals surface area (Å²) in [4.78, 5) is 19.5. The van der Waals surface area contributed by atoms with Gasteiger partial charge in [0, 0.05) is 68.4 Å². The van der Waals surface area contributed by atoms with Crippen molar-refractivity contribution in [2.45, 2.75) is 56.0 Å². The van der Waals surface area contributed by atoms with Gasteiger partial charge in [-0.3, -0.25) is 0 Å². The molecule has 0 bridgehead atoms. The number of rotatable bonds is 6. The van der Waals surface area contributed by atoms with E-state index in [-0.39, 0.29) is 36.7 Å². The van der Waals surface area contributed by atoms with Crippen LogP contribution in [0.4, 0.5) is 0 Å². The SMILES string of the molecule is Brc1ccc(I)c(CC2=NC(c3ccccc3)Oc3cc(Br)ccc32)c1.Brc1ccc2c(c1)OC(c1ccccc1)n1c-2cc2cc(Br)ccc21.c1cc(C2=N[C@H]3c4ccccc4C[C@H]3O2)nc(C2=N[C@H]3c4ccccc4C[C@H]3O2)c1. The minimum atomic E-state index is -0.321. The van der Waals surface area contributed by atoms with Crippen molar-refractivity contribution in [2.75, 3.05) is 0 Å². The van der Waals surface area contributed by atoms with Crippen LogP contribution in [-0.4, -0.2) is 39.3 Å². The minimum absolute atomic E-state index is 0.0672. The molecular formula is C67H46Br4IN5O4. The molecule has 0 spiro atoms. The van der Waals surface area contributed by atoms with Gasteiger partial charge in [0.25, 0.3) is 0 Å². The van der Waals surface area contributed by atoms with Crippen LogP contribution in [0.3, 0.4) is 0 Å². The number of fused-ring (bicyclic) bond motifs is 12. The van der Waals surface area contributed by atoms with Gasteiger partial charge in [-0.25, -0.2) is 20.0 Å². The van der Waals surface area contributed by atoms with E-state index in [1.54, 1.807) is 0 Å². The number of ether oxygens (including phenoxy) is 4. The minimum Gasteiger partial charge on any atom is -0.470 e. The summed E-state index contributed by atoms with van der Waals surface area (Å²) in [5, 5.41) is 1.20. The number of nitrogens with zero attached hydrogens (tertiary/aromatic N) is 5. The second-order valence-electron chi connectivity index (χ2n) is 20.4. The summed E-state index contributed by atoms with van der Waals surface area (Å²) in [6.45, 7) is 0. The molecule has 10 aromatic rings. The molecule has 4 aliphatic heterocycles. The Kier molecular flexibility index (Phi) is 14.4. The first kappa shape index (κ1) is 52.4. The maximum absolute atomic E-state index is 6.44. The predicted octanol–water partition coefficient (Wildman–Crippen LogP) is 17.7. The number of pyridine rings is 1. The van der Waals surface area contributed by atoms with Crippen molar-refractivity contribution in [3.05, 3.63) is 284 Å². The zero-order valence-electron chi connectivity index (χ0n) is 43.0. The van der Waals surface area contributed by atoms with Gasteiger partial charge in [-0.1, -0.05) is 179 Å². The summed E-state index contributed by atoms with van der Waals surface area (Å²) in [5.74, 6) is 3.00. The summed E-state index contributed by atoms with van der Waals surface area (Å²) < 4.78 is 32.7. The molecule has 398 valence electrons. The summed E-state index contributed by atoms with van der Waals surface area (Å²) in [6.07, 6.45) is 2.18. The Morgan fingerprint density at radius 3 is 1.68 bits per heavy atom. The molecule has 0 saturated heterocycles. The van der Waals surface area contributed by atoms with Gasteiger partial charge < -0.3 is 23.5 Å². The standard InChI is InChI=1S/C25H19N3O2.C21H14Br2INO.C21H13Br2NO/c1-3-8-16-14(6-1)12-20-22(16)27-24(29-20)18-10-5-11-19(26-18)25-28-23-17-9-4-2-7-15(17)13-21(23)30-25;22-15-7-9-18(24)14(10-15)11-19-17-8-6-16(23)12-20(17)26-21(25-19)13-4-2-1-3-5-13;22-15-7-9-18-14(10-15)11-19-17-8-6-16(23)12-20(17)25-21(24(18)19)13-4-2-1-3-5-13/h1-11,20-23H,12-13H2;1-10,12,21H,11H2;1-12,21H/t20-,21-,22+,23+;;/m1../s1. The van der Waals surface area contributed by atoms with Crippen LogP contribution in [0.5, 0.6) is 11.5 Å². The molecule has 9 nitrogen and oxygen atoms in total. The molecule has 2 unspecified atom stereocenters. The number of aromatic nitrogens is 2. The molecule has 81 heavy (non-hydrogen) atoms. The lowest BCUT2D eigenvalue weighted by atomic mass is 9.99. The summed E-state index contributed by atoms with van der Waals surface area (Å²) in [6, 6.07) is 70.7. The Morgan fingerprint density at radius 2 is 1.02 bits per heavy atom. The highest BCUT2D eigenvalue weighted by molar-refractivity contribution is 14.1. The van der Waals surface area contributed by atoms with E-state index in [1.807, 2.05) is 60.7 Å². The normalized spacial score (nSPS) is 20.0. The number of halogens is 5. The highest BCUT2D eigenvalue weighted by Gasteiger charge is 2.42. The fourth-order valence-corrected chi connectivity index (χ4v) is 13.5. The van der Waals surface area contributed by atoms with Crippen LogP contribution < -0.4 is 9.47 Å². The average Bonchev–Trinajstić information content (AvgIpc) is 4.54. The van der Waals surface area contributed by atoms with E-state index in [2.05, 4.69) is 236 Å². The molecule has 6 heterocycles. The largest absolute Gasteiger partial charge is 0.470 e. The van der Waals surface area contributed by atoms with E-state index in [4.69, 9.17) is 38.9 Å². The topological polar surface area (TPSA) is 91.8 Å². The Labute approximate surface area is 515 Å². The third-order valence-electron chi connectivity index (χ3n) is 15.3. The summed E-state index contributed by atoms with van der Waals surface area (Å²) >= 11 is 16.6. The van der Waals surface area contributed by atoms with Crippen LogP contribution >= 0.6 is 86.3 Å². The van der Waals surface area contributed by atoms with Crippen molar-refractivity contribution >= 4 is 115 Å². The van der Waals surface area contributed by atoms with Gasteiger partial charge in [0.2, 0.25) is 24.3 Å². The fourth-order valence-electron chi connectivity index (χ4n) is 11.5. The first-order valence-corrected chi connectivity index (χ1v) is 30.9. The maximum atomic E-state index is 6.44. The highest BCUT2D eigenvalue weighted by atomic mass is 127. The van der Waals surface area contributed by atoms with Gasteiger partial charge in [0.15, 0.2) is 0 Å². The van der Waals surface area contributed by atoms with Gasteiger partial charge in [0.1, 0.15) is 47.2 Å². The molecule has 6 atom stereocenters. The molecule has 0 saturated carbocycles. The van der Waals surface area contributed by atoms with E-state index in [0.29, 0.717) is 11.8 Å². The van der Waals surface area contributed by atoms with Gasteiger partial charge in [0.05, 0.1) is 16.9 Å². The lowest BCUT2D eigenvalue weighted by Crippen LogP contribution is -2.22. The molecular weight excluding hydrogens is 1390 g/mol. The highest BCUT2D eigenvalue weighted by Crippen LogP contribution is 2.46. The third-order valence-corrected chi connectivity index (χ3v) is 18.3. The van der Waals surface area contributed by atoms with E-state index in [1.165, 1.54) is 48.0 Å². The van der Waals surface area contributed by atoms with Gasteiger partial charge in [-0.05, 0) is 141 Å².